The molecule has 150 valence electrons. The quantitative estimate of drug-likeness (QED) is 0.472. The normalized spacial score (nSPS) is 17.3. The summed E-state index contributed by atoms with van der Waals surface area (Å²) in [5.41, 5.74) is 2.83. The smallest absolute Gasteiger partial charge is 0.119 e. The zero-order valence-electron chi connectivity index (χ0n) is 17.5. The van der Waals surface area contributed by atoms with Gasteiger partial charge in [-0.05, 0) is 29.7 Å². The summed E-state index contributed by atoms with van der Waals surface area (Å²) in [6.07, 6.45) is 5.03. The lowest BCUT2D eigenvalue weighted by Gasteiger charge is -2.43. The van der Waals surface area contributed by atoms with Gasteiger partial charge in [0, 0.05) is 13.1 Å². The molecule has 1 aliphatic heterocycles. The van der Waals surface area contributed by atoms with E-state index in [1.54, 1.807) is 5.30 Å². The Hall–Kier alpha value is -1.99. The van der Waals surface area contributed by atoms with Crippen LogP contribution < -0.4 is 5.30 Å². The maximum Gasteiger partial charge on any atom is 0.119 e. The molecule has 0 saturated carbocycles. The maximum atomic E-state index is 2.69. The van der Waals surface area contributed by atoms with Crippen LogP contribution in [0.15, 0.2) is 91.0 Å². The van der Waals surface area contributed by atoms with Crippen LogP contribution >= 0.6 is 7.26 Å². The van der Waals surface area contributed by atoms with Gasteiger partial charge in [-0.15, -0.1) is 0 Å². The second-order valence-electron chi connectivity index (χ2n) is 8.26. The molecule has 1 heterocycles. The van der Waals surface area contributed by atoms with E-state index in [0.717, 1.165) is 19.8 Å². The summed E-state index contributed by atoms with van der Waals surface area (Å²) in [5.74, 6) is 0. The van der Waals surface area contributed by atoms with E-state index >= 15 is 0 Å². The van der Waals surface area contributed by atoms with Gasteiger partial charge < -0.3 is 0 Å². The highest BCUT2D eigenvalue weighted by molar-refractivity contribution is 7.82. The third kappa shape index (κ3) is 5.14. The van der Waals surface area contributed by atoms with Gasteiger partial charge in [0.05, 0.1) is 25.4 Å². The average molecular weight is 404 g/mol. The fourth-order valence-corrected chi connectivity index (χ4v) is 9.20. The molecule has 0 atom stereocenters. The van der Waals surface area contributed by atoms with E-state index < -0.39 is 7.26 Å². The lowest BCUT2D eigenvalue weighted by molar-refractivity contribution is 0.139. The highest BCUT2D eigenvalue weighted by Gasteiger charge is 2.46. The van der Waals surface area contributed by atoms with E-state index in [1.165, 1.54) is 36.3 Å². The van der Waals surface area contributed by atoms with Gasteiger partial charge in [-0.2, -0.15) is 0 Å². The minimum atomic E-state index is -1.28. The Morgan fingerprint density at radius 1 is 0.655 bits per heavy atom. The van der Waals surface area contributed by atoms with Gasteiger partial charge >= 0.3 is 0 Å². The number of hydrogen-bond acceptors (Lipinski definition) is 2. The number of benzene rings is 3. The van der Waals surface area contributed by atoms with Crippen molar-refractivity contribution in [2.24, 2.45) is 0 Å². The van der Waals surface area contributed by atoms with E-state index in [1.807, 2.05) is 0 Å². The third-order valence-electron chi connectivity index (χ3n) is 5.79. The van der Waals surface area contributed by atoms with Gasteiger partial charge in [0.15, 0.2) is 0 Å². The van der Waals surface area contributed by atoms with Crippen molar-refractivity contribution in [2.45, 2.75) is 26.4 Å². The summed E-state index contributed by atoms with van der Waals surface area (Å²) < 4.78 is 0. The Morgan fingerprint density at radius 3 is 1.55 bits per heavy atom. The van der Waals surface area contributed by atoms with Crippen molar-refractivity contribution in [3.8, 4) is 0 Å². The summed E-state index contributed by atoms with van der Waals surface area (Å²) >= 11 is 0. The van der Waals surface area contributed by atoms with Gasteiger partial charge in [0.1, 0.15) is 12.6 Å². The van der Waals surface area contributed by atoms with Crippen LogP contribution in [-0.4, -0.2) is 35.2 Å². The van der Waals surface area contributed by atoms with E-state index in [2.05, 4.69) is 108 Å². The van der Waals surface area contributed by atoms with Crippen LogP contribution in [0.4, 0.5) is 0 Å². The number of nitrogens with zero attached hydrogens (tertiary/aromatic N) is 2. The molecule has 0 N–H and O–H groups in total. The van der Waals surface area contributed by atoms with Crippen LogP contribution in [0.5, 0.6) is 0 Å². The van der Waals surface area contributed by atoms with Crippen LogP contribution in [0.25, 0.3) is 0 Å². The average Bonchev–Trinajstić information content (AvgIpc) is 2.76. The van der Waals surface area contributed by atoms with Gasteiger partial charge in [-0.1, -0.05) is 85.8 Å². The van der Waals surface area contributed by atoms with Gasteiger partial charge in [-0.3, -0.25) is 9.80 Å². The largest absolute Gasteiger partial charge is 0.254 e. The van der Waals surface area contributed by atoms with Crippen molar-refractivity contribution in [1.29, 1.82) is 0 Å². The van der Waals surface area contributed by atoms with Crippen LogP contribution in [0.2, 0.25) is 0 Å². The zero-order chi connectivity index (χ0) is 19.9. The standard InChI is InChI=1S/C26H32N2P/c1-2-18-29(26-16-10-5-11-17-26)22-27(19-24-12-6-3-7-13-24)21-28(23-29)20-25-14-8-4-9-15-25/h3-17H,2,18-23H2,1H3/q+1. The monoisotopic (exact) mass is 403 g/mol. The summed E-state index contributed by atoms with van der Waals surface area (Å²) in [5, 5.41) is 1.60. The van der Waals surface area contributed by atoms with Gasteiger partial charge in [0.2, 0.25) is 0 Å². The van der Waals surface area contributed by atoms with Crippen molar-refractivity contribution < 1.29 is 0 Å². The SMILES string of the molecule is CCC[P+]1(c2ccccc2)CN(Cc2ccccc2)CN(Cc2ccccc2)C1. The van der Waals surface area contributed by atoms with Gasteiger partial charge in [0.25, 0.3) is 0 Å². The van der Waals surface area contributed by atoms with Crippen molar-refractivity contribution in [2.75, 3.05) is 25.4 Å². The third-order valence-corrected chi connectivity index (χ3v) is 10.4. The molecule has 3 aromatic rings. The maximum absolute atomic E-state index is 2.69. The highest BCUT2D eigenvalue weighted by Crippen LogP contribution is 2.60. The molecule has 0 unspecified atom stereocenters. The number of hydrogen-bond donors (Lipinski definition) is 0. The molecular weight excluding hydrogens is 371 g/mol. The van der Waals surface area contributed by atoms with Crippen LogP contribution in [0, 0.1) is 0 Å². The molecule has 4 rings (SSSR count). The molecule has 2 nitrogen and oxygen atoms in total. The molecule has 0 amide bonds. The Bertz CT molecular complexity index is 817. The first kappa shape index (κ1) is 20.3. The van der Waals surface area contributed by atoms with E-state index in [0.29, 0.717) is 0 Å². The first-order valence-electron chi connectivity index (χ1n) is 10.7. The summed E-state index contributed by atoms with van der Waals surface area (Å²) in [6, 6.07) is 33.3. The Balaban J connectivity index is 1.63. The molecule has 0 aliphatic carbocycles. The molecule has 1 saturated heterocycles. The Labute approximate surface area is 176 Å². The van der Waals surface area contributed by atoms with E-state index in [9.17, 15) is 0 Å². The van der Waals surface area contributed by atoms with Crippen LogP contribution in [0.1, 0.15) is 24.5 Å². The predicted molar refractivity (Wildman–Crippen MR) is 127 cm³/mol. The molecule has 3 aromatic carbocycles. The first-order chi connectivity index (χ1) is 14.3. The second-order valence-corrected chi connectivity index (χ2v) is 12.1. The predicted octanol–water partition coefficient (Wildman–Crippen LogP) is 5.63. The minimum Gasteiger partial charge on any atom is -0.254 e. The Kier molecular flexibility index (Phi) is 6.77. The molecule has 0 bridgehead atoms. The minimum absolute atomic E-state index is 1.03. The molecular formula is C26H32N2P+. The topological polar surface area (TPSA) is 6.48 Å². The summed E-state index contributed by atoms with van der Waals surface area (Å²) in [4.78, 5) is 5.39. The van der Waals surface area contributed by atoms with Crippen LogP contribution in [-0.2, 0) is 13.1 Å². The lowest BCUT2D eigenvalue weighted by Crippen LogP contribution is -2.48. The number of rotatable bonds is 7. The molecule has 29 heavy (non-hydrogen) atoms. The van der Waals surface area contributed by atoms with Crippen molar-refractivity contribution in [3.63, 3.8) is 0 Å². The molecule has 0 spiro atoms. The van der Waals surface area contributed by atoms with Crippen LogP contribution in [0.3, 0.4) is 0 Å². The zero-order valence-corrected chi connectivity index (χ0v) is 18.3. The molecule has 0 radical (unpaired) electrons. The van der Waals surface area contributed by atoms with Crippen molar-refractivity contribution in [1.82, 2.24) is 9.80 Å². The molecule has 1 aliphatic rings. The summed E-state index contributed by atoms with van der Waals surface area (Å²) in [7, 11) is -1.28. The second kappa shape index (κ2) is 9.67. The molecule has 3 heteroatoms. The van der Waals surface area contributed by atoms with Gasteiger partial charge in [-0.25, -0.2) is 0 Å². The summed E-state index contributed by atoms with van der Waals surface area (Å²) in [6.45, 7) is 5.46. The van der Waals surface area contributed by atoms with E-state index in [4.69, 9.17) is 0 Å². The molecule has 1 fully saturated rings. The first-order valence-corrected chi connectivity index (χ1v) is 13.1. The Morgan fingerprint density at radius 2 is 1.10 bits per heavy atom. The lowest BCUT2D eigenvalue weighted by atomic mass is 10.2. The highest BCUT2D eigenvalue weighted by atomic mass is 31.2. The molecule has 0 aromatic heterocycles. The van der Waals surface area contributed by atoms with Crippen molar-refractivity contribution in [3.05, 3.63) is 102 Å². The van der Waals surface area contributed by atoms with E-state index in [-0.39, 0.29) is 0 Å². The van der Waals surface area contributed by atoms with Crippen molar-refractivity contribution >= 4 is 12.6 Å². The fraction of sp³-hybridized carbons (Fsp3) is 0.308. The fourth-order valence-electron chi connectivity index (χ4n) is 4.67.